The molecule has 0 saturated heterocycles. The molecule has 0 heterocycles. The van der Waals surface area contributed by atoms with Crippen LogP contribution in [0, 0.1) is 11.3 Å². The summed E-state index contributed by atoms with van der Waals surface area (Å²) in [5.41, 5.74) is 2.99. The number of anilines is 2. The van der Waals surface area contributed by atoms with Crippen LogP contribution in [0.15, 0.2) is 66.4 Å². The molecule has 0 radical (unpaired) electrons. The summed E-state index contributed by atoms with van der Waals surface area (Å²) < 4.78 is 0. The van der Waals surface area contributed by atoms with Crippen LogP contribution in [0.1, 0.15) is 32.4 Å². The molecule has 0 aliphatic rings. The summed E-state index contributed by atoms with van der Waals surface area (Å²) in [4.78, 5) is 14.6. The predicted molar refractivity (Wildman–Crippen MR) is 110 cm³/mol. The first-order valence-electron chi connectivity index (χ1n) is 9.16. The lowest BCUT2D eigenvalue weighted by Crippen LogP contribution is -2.28. The molecule has 2 rings (SSSR count). The first kappa shape index (κ1) is 20.1. The molecule has 5 nitrogen and oxygen atoms in total. The van der Waals surface area contributed by atoms with E-state index >= 15 is 0 Å². The maximum absolute atomic E-state index is 12.4. The van der Waals surface area contributed by atoms with Crippen molar-refractivity contribution >= 4 is 17.3 Å². The van der Waals surface area contributed by atoms with Crippen LogP contribution >= 0.6 is 0 Å². The van der Waals surface area contributed by atoms with Crippen molar-refractivity contribution in [2.45, 2.75) is 26.8 Å². The van der Waals surface area contributed by atoms with E-state index in [9.17, 15) is 10.1 Å². The van der Waals surface area contributed by atoms with E-state index in [4.69, 9.17) is 0 Å². The van der Waals surface area contributed by atoms with E-state index in [0.717, 1.165) is 30.0 Å². The van der Waals surface area contributed by atoms with Gasteiger partial charge < -0.3 is 15.5 Å². The standard InChI is InChI=1S/C22H26N4O/c1-4-26(5-2)21-13-11-20(12-14-21)24-16-19(15-23)22(27)25-17(3)18-9-7-6-8-10-18/h6-14,16-17,24H,4-5H2,1-3H3,(H,25,27)/b19-16-. The molecule has 1 atom stereocenters. The number of carbonyl (C=O) groups is 1. The summed E-state index contributed by atoms with van der Waals surface area (Å²) in [6, 6.07) is 19.3. The van der Waals surface area contributed by atoms with Gasteiger partial charge in [0.05, 0.1) is 6.04 Å². The molecule has 1 amide bonds. The van der Waals surface area contributed by atoms with Crippen molar-refractivity contribution in [3.05, 3.63) is 71.9 Å². The molecule has 0 spiro atoms. The number of hydrogen-bond acceptors (Lipinski definition) is 4. The molecule has 140 valence electrons. The number of nitriles is 1. The zero-order valence-electron chi connectivity index (χ0n) is 16.1. The number of nitrogens with one attached hydrogen (secondary N) is 2. The second-order valence-electron chi connectivity index (χ2n) is 6.14. The summed E-state index contributed by atoms with van der Waals surface area (Å²) in [5, 5.41) is 15.2. The molecule has 1 unspecified atom stereocenters. The van der Waals surface area contributed by atoms with Crippen molar-refractivity contribution in [3.8, 4) is 6.07 Å². The number of carbonyl (C=O) groups excluding carboxylic acids is 1. The Balaban J connectivity index is 2.01. The van der Waals surface area contributed by atoms with Gasteiger partial charge >= 0.3 is 0 Å². The van der Waals surface area contributed by atoms with E-state index in [1.807, 2.05) is 67.6 Å². The Morgan fingerprint density at radius 3 is 2.30 bits per heavy atom. The highest BCUT2D eigenvalue weighted by Gasteiger charge is 2.13. The lowest BCUT2D eigenvalue weighted by molar-refractivity contribution is -0.117. The largest absolute Gasteiger partial charge is 0.372 e. The van der Waals surface area contributed by atoms with Gasteiger partial charge in [-0.2, -0.15) is 5.26 Å². The van der Waals surface area contributed by atoms with Gasteiger partial charge in [0.1, 0.15) is 11.6 Å². The summed E-state index contributed by atoms with van der Waals surface area (Å²) in [5.74, 6) is -0.402. The first-order valence-corrected chi connectivity index (χ1v) is 9.16. The Kier molecular flexibility index (Phi) is 7.45. The fourth-order valence-electron chi connectivity index (χ4n) is 2.76. The van der Waals surface area contributed by atoms with Crippen LogP contribution in [-0.4, -0.2) is 19.0 Å². The Bertz CT molecular complexity index is 802. The minimum Gasteiger partial charge on any atom is -0.372 e. The molecule has 5 heteroatoms. The molecule has 0 bridgehead atoms. The van der Waals surface area contributed by atoms with Gasteiger partial charge in [-0.15, -0.1) is 0 Å². The third kappa shape index (κ3) is 5.61. The maximum Gasteiger partial charge on any atom is 0.263 e. The average Bonchev–Trinajstić information content (AvgIpc) is 2.71. The molecule has 0 aliphatic carbocycles. The summed E-state index contributed by atoms with van der Waals surface area (Å²) in [6.07, 6.45) is 1.44. The van der Waals surface area contributed by atoms with Gasteiger partial charge in [0.15, 0.2) is 0 Å². The average molecular weight is 362 g/mol. The van der Waals surface area contributed by atoms with Crippen molar-refractivity contribution in [1.29, 1.82) is 5.26 Å². The normalized spacial score (nSPS) is 12.0. The van der Waals surface area contributed by atoms with Crippen LogP contribution in [0.2, 0.25) is 0 Å². The van der Waals surface area contributed by atoms with Gasteiger partial charge in [0.25, 0.3) is 5.91 Å². The molecular weight excluding hydrogens is 336 g/mol. The van der Waals surface area contributed by atoms with Crippen molar-refractivity contribution in [2.24, 2.45) is 0 Å². The minimum absolute atomic E-state index is 0.0330. The lowest BCUT2D eigenvalue weighted by atomic mass is 10.1. The van der Waals surface area contributed by atoms with Crippen molar-refractivity contribution in [1.82, 2.24) is 5.32 Å². The highest BCUT2D eigenvalue weighted by Crippen LogP contribution is 2.18. The van der Waals surface area contributed by atoms with E-state index in [-0.39, 0.29) is 11.6 Å². The fourth-order valence-corrected chi connectivity index (χ4v) is 2.76. The molecule has 2 N–H and O–H groups in total. The topological polar surface area (TPSA) is 68.2 Å². The maximum atomic E-state index is 12.4. The molecule has 0 aliphatic heterocycles. The lowest BCUT2D eigenvalue weighted by Gasteiger charge is -2.21. The Hall–Kier alpha value is -3.26. The third-order valence-corrected chi connectivity index (χ3v) is 4.39. The van der Waals surface area contributed by atoms with Crippen LogP contribution in [0.5, 0.6) is 0 Å². The van der Waals surface area contributed by atoms with E-state index in [2.05, 4.69) is 29.4 Å². The van der Waals surface area contributed by atoms with Gasteiger partial charge in [-0.05, 0) is 50.6 Å². The van der Waals surface area contributed by atoms with E-state index < -0.39 is 5.91 Å². The van der Waals surface area contributed by atoms with Crippen molar-refractivity contribution < 1.29 is 4.79 Å². The second kappa shape index (κ2) is 10.0. The van der Waals surface area contributed by atoms with Gasteiger partial charge in [-0.1, -0.05) is 30.3 Å². The first-order chi connectivity index (χ1) is 13.1. The zero-order valence-corrected chi connectivity index (χ0v) is 16.1. The summed E-state index contributed by atoms with van der Waals surface area (Å²) >= 11 is 0. The fraction of sp³-hybridized carbons (Fsp3) is 0.273. The van der Waals surface area contributed by atoms with Gasteiger partial charge in [0, 0.05) is 30.7 Å². The second-order valence-corrected chi connectivity index (χ2v) is 6.14. The zero-order chi connectivity index (χ0) is 19.6. The quantitative estimate of drug-likeness (QED) is 0.545. The van der Waals surface area contributed by atoms with Crippen LogP contribution in [-0.2, 0) is 4.79 Å². The summed E-state index contributed by atoms with van der Waals surface area (Å²) in [6.45, 7) is 8.02. The predicted octanol–water partition coefficient (Wildman–Crippen LogP) is 4.23. The minimum atomic E-state index is -0.402. The monoisotopic (exact) mass is 362 g/mol. The highest BCUT2D eigenvalue weighted by molar-refractivity contribution is 5.97. The SMILES string of the molecule is CCN(CC)c1ccc(N/C=C(/C#N)C(=O)NC(C)c2ccccc2)cc1. The number of amides is 1. The summed E-state index contributed by atoms with van der Waals surface area (Å²) in [7, 11) is 0. The smallest absolute Gasteiger partial charge is 0.263 e. The Morgan fingerprint density at radius 1 is 1.11 bits per heavy atom. The number of hydrogen-bond donors (Lipinski definition) is 2. The van der Waals surface area contributed by atoms with Crippen molar-refractivity contribution in [2.75, 3.05) is 23.3 Å². The van der Waals surface area contributed by atoms with Gasteiger partial charge in [-0.3, -0.25) is 4.79 Å². The van der Waals surface area contributed by atoms with Gasteiger partial charge in [-0.25, -0.2) is 0 Å². The molecule has 2 aromatic carbocycles. The number of benzene rings is 2. The van der Waals surface area contributed by atoms with Crippen LogP contribution in [0.25, 0.3) is 0 Å². The van der Waals surface area contributed by atoms with E-state index in [1.54, 1.807) is 0 Å². The molecule has 27 heavy (non-hydrogen) atoms. The van der Waals surface area contributed by atoms with Crippen LogP contribution in [0.4, 0.5) is 11.4 Å². The Labute approximate surface area is 161 Å². The molecule has 2 aromatic rings. The Morgan fingerprint density at radius 2 is 1.74 bits per heavy atom. The number of rotatable bonds is 8. The molecular formula is C22H26N4O. The highest BCUT2D eigenvalue weighted by atomic mass is 16.1. The van der Waals surface area contributed by atoms with E-state index in [1.165, 1.54) is 6.20 Å². The third-order valence-electron chi connectivity index (χ3n) is 4.39. The van der Waals surface area contributed by atoms with Crippen LogP contribution in [0.3, 0.4) is 0 Å². The molecule has 0 aromatic heterocycles. The van der Waals surface area contributed by atoms with Crippen molar-refractivity contribution in [3.63, 3.8) is 0 Å². The molecule has 0 saturated carbocycles. The number of nitrogens with zero attached hydrogens (tertiary/aromatic N) is 2. The van der Waals surface area contributed by atoms with Crippen LogP contribution < -0.4 is 15.5 Å². The molecule has 0 fully saturated rings. The van der Waals surface area contributed by atoms with E-state index in [0.29, 0.717) is 0 Å². The van der Waals surface area contributed by atoms with Gasteiger partial charge in [0.2, 0.25) is 0 Å².